The van der Waals surface area contributed by atoms with Crippen LogP contribution >= 0.6 is 0 Å². The molecule has 3 unspecified atom stereocenters. The highest BCUT2D eigenvalue weighted by atomic mass is 16.2. The van der Waals surface area contributed by atoms with Crippen LogP contribution in [0.25, 0.3) is 0 Å². The highest BCUT2D eigenvalue weighted by molar-refractivity contribution is 6.00. The molecule has 1 amide bonds. The molecule has 2 aliphatic rings. The number of rotatable bonds is 3. The molecule has 130 valence electrons. The van der Waals surface area contributed by atoms with Gasteiger partial charge in [-0.2, -0.15) is 0 Å². The van der Waals surface area contributed by atoms with Crippen molar-refractivity contribution < 1.29 is 4.79 Å². The number of amides is 1. The predicted octanol–water partition coefficient (Wildman–Crippen LogP) is 3.11. The number of aromatic nitrogens is 1. The predicted molar refractivity (Wildman–Crippen MR) is 99.6 cm³/mol. The summed E-state index contributed by atoms with van der Waals surface area (Å²) < 4.78 is 0. The number of nitrogens with zero attached hydrogens (tertiary/aromatic N) is 2. The molecule has 1 N–H and O–H groups in total. The number of fused-ring (bicyclic) bond motifs is 1. The summed E-state index contributed by atoms with van der Waals surface area (Å²) in [7, 11) is 0. The summed E-state index contributed by atoms with van der Waals surface area (Å²) in [6.45, 7) is 2.14. The van der Waals surface area contributed by atoms with Crippen molar-refractivity contribution in [2.75, 3.05) is 4.90 Å². The second-order valence-electron chi connectivity index (χ2n) is 7.23. The Morgan fingerprint density at radius 3 is 2.72 bits per heavy atom. The molecule has 4 rings (SSSR count). The summed E-state index contributed by atoms with van der Waals surface area (Å²) in [4.78, 5) is 19.4. The summed E-state index contributed by atoms with van der Waals surface area (Å²) in [6, 6.07) is 14.8. The summed E-state index contributed by atoms with van der Waals surface area (Å²) in [6.07, 6.45) is 6.91. The van der Waals surface area contributed by atoms with Crippen LogP contribution in [0.4, 0.5) is 5.69 Å². The van der Waals surface area contributed by atoms with Crippen LogP contribution in [0.1, 0.15) is 37.4 Å². The van der Waals surface area contributed by atoms with Gasteiger partial charge in [0.1, 0.15) is 0 Å². The minimum atomic E-state index is -0.0747. The first-order valence-corrected chi connectivity index (χ1v) is 9.29. The first-order chi connectivity index (χ1) is 12.2. The summed E-state index contributed by atoms with van der Waals surface area (Å²) in [5.74, 6) is 0.207. The van der Waals surface area contributed by atoms with E-state index in [2.05, 4.69) is 23.3 Å². The third-order valence-corrected chi connectivity index (χ3v) is 5.50. The quantitative estimate of drug-likeness (QED) is 0.877. The van der Waals surface area contributed by atoms with Gasteiger partial charge in [0.25, 0.3) is 0 Å². The summed E-state index contributed by atoms with van der Waals surface area (Å²) >= 11 is 0. The average Bonchev–Trinajstić information content (AvgIpc) is 2.80. The molecule has 1 fully saturated rings. The lowest BCUT2D eigenvalue weighted by Crippen LogP contribution is -2.44. The van der Waals surface area contributed by atoms with E-state index < -0.39 is 0 Å². The molecular weight excluding hydrogens is 310 g/mol. The van der Waals surface area contributed by atoms with Crippen LogP contribution < -0.4 is 10.2 Å². The Balaban J connectivity index is 1.43. The number of carbonyl (C=O) groups excluding carboxylic acids is 1. The number of anilines is 1. The Morgan fingerprint density at radius 2 is 1.88 bits per heavy atom. The number of para-hydroxylation sites is 1. The fourth-order valence-electron chi connectivity index (χ4n) is 4.20. The molecule has 2 aromatic rings. The van der Waals surface area contributed by atoms with Crippen LogP contribution in [0.3, 0.4) is 0 Å². The van der Waals surface area contributed by atoms with Gasteiger partial charge in [0.2, 0.25) is 5.91 Å². The van der Waals surface area contributed by atoms with Crippen molar-refractivity contribution in [2.24, 2.45) is 0 Å². The molecule has 0 saturated carbocycles. The topological polar surface area (TPSA) is 45.2 Å². The molecule has 1 saturated heterocycles. The Morgan fingerprint density at radius 1 is 1.08 bits per heavy atom. The first kappa shape index (κ1) is 16.3. The smallest absolute Gasteiger partial charge is 0.244 e. The number of hydrogen-bond acceptors (Lipinski definition) is 3. The van der Waals surface area contributed by atoms with Crippen LogP contribution in [-0.4, -0.2) is 29.0 Å². The van der Waals surface area contributed by atoms with Gasteiger partial charge in [-0.1, -0.05) is 24.3 Å². The maximum atomic E-state index is 12.9. The van der Waals surface area contributed by atoms with Crippen molar-refractivity contribution >= 4 is 11.6 Å². The lowest BCUT2D eigenvalue weighted by molar-refractivity contribution is -0.119. The number of hydrogen-bond donors (Lipinski definition) is 1. The van der Waals surface area contributed by atoms with E-state index in [9.17, 15) is 4.79 Å². The standard InChI is InChI=1S/C21H25N3O/c1-15-14-20(21(25)24(15)18-7-3-2-4-8-18)23-17-10-9-16-6-5-13-22-19(16)12-11-17/h2-8,13,15,17,20,23H,9-12,14H2,1H3. The molecule has 0 bridgehead atoms. The van der Waals surface area contributed by atoms with Gasteiger partial charge in [0.05, 0.1) is 6.04 Å². The summed E-state index contributed by atoms with van der Waals surface area (Å²) in [5.41, 5.74) is 3.59. The number of pyridine rings is 1. The maximum absolute atomic E-state index is 12.9. The van der Waals surface area contributed by atoms with E-state index in [1.165, 1.54) is 11.3 Å². The van der Waals surface area contributed by atoms with E-state index in [0.29, 0.717) is 6.04 Å². The van der Waals surface area contributed by atoms with Gasteiger partial charge >= 0.3 is 0 Å². The van der Waals surface area contributed by atoms with Crippen molar-refractivity contribution in [1.82, 2.24) is 10.3 Å². The Bertz CT molecular complexity index is 719. The van der Waals surface area contributed by atoms with Crippen molar-refractivity contribution in [1.29, 1.82) is 0 Å². The molecule has 4 nitrogen and oxygen atoms in total. The lowest BCUT2D eigenvalue weighted by Gasteiger charge is -2.23. The largest absolute Gasteiger partial charge is 0.308 e. The van der Waals surface area contributed by atoms with Gasteiger partial charge < -0.3 is 10.2 Å². The second kappa shape index (κ2) is 6.96. The zero-order valence-electron chi connectivity index (χ0n) is 14.7. The summed E-state index contributed by atoms with van der Waals surface area (Å²) in [5, 5.41) is 3.65. The van der Waals surface area contributed by atoms with Gasteiger partial charge in [-0.15, -0.1) is 0 Å². The fraction of sp³-hybridized carbons (Fsp3) is 0.429. The lowest BCUT2D eigenvalue weighted by atomic mass is 10.1. The number of carbonyl (C=O) groups is 1. The van der Waals surface area contributed by atoms with Crippen molar-refractivity contribution in [3.05, 3.63) is 59.9 Å². The van der Waals surface area contributed by atoms with E-state index in [1.807, 2.05) is 47.5 Å². The van der Waals surface area contributed by atoms with Gasteiger partial charge in [-0.05, 0) is 62.8 Å². The molecule has 2 heterocycles. The van der Waals surface area contributed by atoms with Gasteiger partial charge in [-0.3, -0.25) is 9.78 Å². The van der Waals surface area contributed by atoms with E-state index in [1.54, 1.807) is 0 Å². The van der Waals surface area contributed by atoms with Gasteiger partial charge in [-0.25, -0.2) is 0 Å². The van der Waals surface area contributed by atoms with Crippen LogP contribution in [0.2, 0.25) is 0 Å². The molecule has 25 heavy (non-hydrogen) atoms. The molecule has 1 aliphatic carbocycles. The fourth-order valence-corrected chi connectivity index (χ4v) is 4.20. The molecule has 1 aliphatic heterocycles. The molecule has 1 aromatic heterocycles. The Kier molecular flexibility index (Phi) is 4.53. The molecular formula is C21H25N3O. The van der Waals surface area contributed by atoms with E-state index >= 15 is 0 Å². The molecule has 0 radical (unpaired) electrons. The molecule has 1 aromatic carbocycles. The van der Waals surface area contributed by atoms with Gasteiger partial charge in [0, 0.05) is 29.7 Å². The third-order valence-electron chi connectivity index (χ3n) is 5.50. The Hall–Kier alpha value is -2.20. The Labute approximate surface area is 149 Å². The number of benzene rings is 1. The van der Waals surface area contributed by atoms with Crippen molar-refractivity contribution in [3.8, 4) is 0 Å². The number of aryl methyl sites for hydroxylation is 2. The van der Waals surface area contributed by atoms with Crippen molar-refractivity contribution in [3.63, 3.8) is 0 Å². The SMILES string of the molecule is CC1CC(NC2CCc3cccnc3CC2)C(=O)N1c1ccccc1. The van der Waals surface area contributed by atoms with E-state index in [-0.39, 0.29) is 18.0 Å². The van der Waals surface area contributed by atoms with Crippen LogP contribution in [0.15, 0.2) is 48.7 Å². The zero-order chi connectivity index (χ0) is 17.2. The third kappa shape index (κ3) is 3.31. The van der Waals surface area contributed by atoms with Gasteiger partial charge in [0.15, 0.2) is 0 Å². The van der Waals surface area contributed by atoms with E-state index in [0.717, 1.165) is 37.8 Å². The average molecular weight is 335 g/mol. The minimum Gasteiger partial charge on any atom is -0.308 e. The van der Waals surface area contributed by atoms with Crippen molar-refractivity contribution in [2.45, 2.75) is 57.2 Å². The molecule has 3 atom stereocenters. The molecule has 4 heteroatoms. The zero-order valence-corrected chi connectivity index (χ0v) is 14.7. The first-order valence-electron chi connectivity index (χ1n) is 9.29. The number of nitrogens with one attached hydrogen (secondary N) is 1. The molecule has 0 spiro atoms. The second-order valence-corrected chi connectivity index (χ2v) is 7.23. The maximum Gasteiger partial charge on any atom is 0.244 e. The normalized spacial score (nSPS) is 26.4. The van der Waals surface area contributed by atoms with Crippen LogP contribution in [-0.2, 0) is 17.6 Å². The van der Waals surface area contributed by atoms with Crippen LogP contribution in [0, 0.1) is 0 Å². The minimum absolute atomic E-state index is 0.0747. The van der Waals surface area contributed by atoms with E-state index in [4.69, 9.17) is 0 Å². The highest BCUT2D eigenvalue weighted by Crippen LogP contribution is 2.28. The highest BCUT2D eigenvalue weighted by Gasteiger charge is 2.38. The van der Waals surface area contributed by atoms with Crippen LogP contribution in [0.5, 0.6) is 0 Å². The monoisotopic (exact) mass is 335 g/mol.